The van der Waals surface area contributed by atoms with E-state index < -0.39 is 10.0 Å². The minimum atomic E-state index is -3.53. The Morgan fingerprint density at radius 2 is 1.81 bits per heavy atom. The molecule has 1 amide bonds. The lowest BCUT2D eigenvalue weighted by Crippen LogP contribution is -2.45. The maximum Gasteiger partial charge on any atom is 0.237 e. The molecule has 0 radical (unpaired) electrons. The fraction of sp³-hybridized carbons (Fsp3) is 0.611. The number of benzene rings is 1. The lowest BCUT2D eigenvalue weighted by Gasteiger charge is -2.32. The molecule has 0 aromatic heterocycles. The van der Waals surface area contributed by atoms with E-state index in [1.807, 2.05) is 0 Å². The number of hydrogen-bond donors (Lipinski definition) is 0. The Hall–Kier alpha value is -1.80. The van der Waals surface area contributed by atoms with Crippen LogP contribution in [0.1, 0.15) is 25.3 Å². The number of methoxy groups -OCH3 is 2. The first kappa shape index (κ1) is 20.5. The Morgan fingerprint density at radius 3 is 2.35 bits per heavy atom. The molecule has 1 saturated heterocycles. The normalized spacial score (nSPS) is 16.0. The van der Waals surface area contributed by atoms with Crippen molar-refractivity contribution < 1.29 is 22.7 Å². The van der Waals surface area contributed by atoms with E-state index >= 15 is 0 Å². The van der Waals surface area contributed by atoms with Crippen molar-refractivity contribution in [1.29, 1.82) is 0 Å². The van der Waals surface area contributed by atoms with E-state index in [1.165, 1.54) is 11.4 Å². The third-order valence-electron chi connectivity index (χ3n) is 4.72. The molecule has 0 aliphatic carbocycles. The standard InChI is InChI=1S/C18H28N2O5S/c1-14-7-9-19(10-8-14)18(21)13-20(26(4,22)23)12-15-5-6-16(24-2)17(11-15)25-3/h5-6,11,14H,7-10,12-13H2,1-4H3. The van der Waals surface area contributed by atoms with Gasteiger partial charge in [0.15, 0.2) is 11.5 Å². The fourth-order valence-electron chi connectivity index (χ4n) is 2.98. The van der Waals surface area contributed by atoms with Gasteiger partial charge >= 0.3 is 0 Å². The number of hydrogen-bond acceptors (Lipinski definition) is 5. The molecule has 0 saturated carbocycles. The summed E-state index contributed by atoms with van der Waals surface area (Å²) in [6, 6.07) is 5.22. The van der Waals surface area contributed by atoms with E-state index in [4.69, 9.17) is 9.47 Å². The number of likely N-dealkylation sites (tertiary alicyclic amines) is 1. The van der Waals surface area contributed by atoms with E-state index in [2.05, 4.69) is 6.92 Å². The van der Waals surface area contributed by atoms with E-state index in [0.29, 0.717) is 30.5 Å². The van der Waals surface area contributed by atoms with Crippen molar-refractivity contribution in [2.24, 2.45) is 5.92 Å². The summed E-state index contributed by atoms with van der Waals surface area (Å²) < 4.78 is 36.0. The Labute approximate surface area is 155 Å². The van der Waals surface area contributed by atoms with Crippen molar-refractivity contribution >= 4 is 15.9 Å². The van der Waals surface area contributed by atoms with Crippen LogP contribution in [0, 0.1) is 5.92 Å². The molecule has 1 aromatic carbocycles. The average molecular weight is 384 g/mol. The summed E-state index contributed by atoms with van der Waals surface area (Å²) in [7, 11) is -0.464. The van der Waals surface area contributed by atoms with Crippen molar-refractivity contribution in [2.45, 2.75) is 26.3 Å². The lowest BCUT2D eigenvalue weighted by atomic mass is 9.99. The van der Waals surface area contributed by atoms with Crippen LogP contribution >= 0.6 is 0 Å². The smallest absolute Gasteiger partial charge is 0.237 e. The molecule has 7 nitrogen and oxygen atoms in total. The summed E-state index contributed by atoms with van der Waals surface area (Å²) in [5.41, 5.74) is 0.730. The molecule has 26 heavy (non-hydrogen) atoms. The highest BCUT2D eigenvalue weighted by Crippen LogP contribution is 2.28. The van der Waals surface area contributed by atoms with E-state index in [-0.39, 0.29) is 19.0 Å². The van der Waals surface area contributed by atoms with Gasteiger partial charge in [-0.1, -0.05) is 13.0 Å². The highest BCUT2D eigenvalue weighted by Gasteiger charge is 2.26. The van der Waals surface area contributed by atoms with Crippen LogP contribution in [0.2, 0.25) is 0 Å². The molecule has 0 atom stereocenters. The SMILES string of the molecule is COc1ccc(CN(CC(=O)N2CCC(C)CC2)S(C)(=O)=O)cc1OC. The van der Waals surface area contributed by atoms with Crippen molar-refractivity contribution in [2.75, 3.05) is 40.1 Å². The van der Waals surface area contributed by atoms with Crippen molar-refractivity contribution in [3.05, 3.63) is 23.8 Å². The van der Waals surface area contributed by atoms with Crippen LogP contribution in [0.4, 0.5) is 0 Å². The number of carbonyl (C=O) groups is 1. The number of amides is 1. The van der Waals surface area contributed by atoms with E-state index in [9.17, 15) is 13.2 Å². The number of sulfonamides is 1. The molecule has 0 spiro atoms. The summed E-state index contributed by atoms with van der Waals surface area (Å²) in [6.45, 7) is 3.50. The first-order chi connectivity index (χ1) is 12.2. The zero-order valence-corrected chi connectivity index (χ0v) is 16.7. The predicted octanol–water partition coefficient (Wildman–Crippen LogP) is 1.72. The summed E-state index contributed by atoms with van der Waals surface area (Å²) in [6.07, 6.45) is 3.04. The molecule has 1 heterocycles. The molecule has 1 aromatic rings. The van der Waals surface area contributed by atoms with Gasteiger partial charge in [0.2, 0.25) is 15.9 Å². The molecule has 0 bridgehead atoms. The van der Waals surface area contributed by atoms with Gasteiger partial charge in [-0.25, -0.2) is 8.42 Å². The van der Waals surface area contributed by atoms with Crippen LogP contribution in [-0.2, 0) is 21.4 Å². The topological polar surface area (TPSA) is 76.2 Å². The monoisotopic (exact) mass is 384 g/mol. The van der Waals surface area contributed by atoms with Gasteiger partial charge in [0.05, 0.1) is 27.0 Å². The van der Waals surface area contributed by atoms with Gasteiger partial charge in [-0.15, -0.1) is 0 Å². The van der Waals surface area contributed by atoms with Gasteiger partial charge in [-0.05, 0) is 36.5 Å². The van der Waals surface area contributed by atoms with Crippen LogP contribution in [0.3, 0.4) is 0 Å². The minimum Gasteiger partial charge on any atom is -0.493 e. The summed E-state index contributed by atoms with van der Waals surface area (Å²) >= 11 is 0. The van der Waals surface area contributed by atoms with E-state index in [0.717, 1.165) is 24.7 Å². The molecular weight excluding hydrogens is 356 g/mol. The third kappa shape index (κ3) is 5.35. The molecule has 1 aliphatic rings. The first-order valence-corrected chi connectivity index (χ1v) is 10.5. The second kappa shape index (κ2) is 8.73. The van der Waals surface area contributed by atoms with Gasteiger partial charge in [0, 0.05) is 19.6 Å². The van der Waals surface area contributed by atoms with Crippen LogP contribution in [0.15, 0.2) is 18.2 Å². The summed E-state index contributed by atoms with van der Waals surface area (Å²) in [5, 5.41) is 0. The zero-order chi connectivity index (χ0) is 19.3. The highest BCUT2D eigenvalue weighted by atomic mass is 32.2. The van der Waals surface area contributed by atoms with Gasteiger partial charge in [0.25, 0.3) is 0 Å². The maximum atomic E-state index is 12.6. The molecule has 1 fully saturated rings. The Balaban J connectivity index is 2.12. The summed E-state index contributed by atoms with van der Waals surface area (Å²) in [4.78, 5) is 14.3. The number of rotatable bonds is 7. The second-order valence-corrected chi connectivity index (χ2v) is 8.77. The van der Waals surface area contributed by atoms with Crippen molar-refractivity contribution in [3.63, 3.8) is 0 Å². The van der Waals surface area contributed by atoms with Gasteiger partial charge in [-0.3, -0.25) is 4.79 Å². The quantitative estimate of drug-likeness (QED) is 0.716. The maximum absolute atomic E-state index is 12.6. The van der Waals surface area contributed by atoms with Crippen molar-refractivity contribution in [1.82, 2.24) is 9.21 Å². The molecule has 0 N–H and O–H groups in total. The number of ether oxygens (including phenoxy) is 2. The molecule has 1 aliphatic heterocycles. The Bertz CT molecular complexity index is 727. The van der Waals surface area contributed by atoms with Crippen LogP contribution < -0.4 is 9.47 Å². The second-order valence-electron chi connectivity index (χ2n) is 6.78. The first-order valence-electron chi connectivity index (χ1n) is 8.68. The zero-order valence-electron chi connectivity index (χ0n) is 15.9. The lowest BCUT2D eigenvalue weighted by molar-refractivity contribution is -0.132. The minimum absolute atomic E-state index is 0.106. The molecule has 0 unspecified atom stereocenters. The molecule has 146 valence electrons. The van der Waals surface area contributed by atoms with Crippen LogP contribution in [0.5, 0.6) is 11.5 Å². The van der Waals surface area contributed by atoms with Crippen LogP contribution in [0.25, 0.3) is 0 Å². The largest absolute Gasteiger partial charge is 0.493 e. The van der Waals surface area contributed by atoms with Crippen molar-refractivity contribution in [3.8, 4) is 11.5 Å². The van der Waals surface area contributed by atoms with E-state index in [1.54, 1.807) is 30.2 Å². The number of nitrogens with zero attached hydrogens (tertiary/aromatic N) is 2. The highest BCUT2D eigenvalue weighted by molar-refractivity contribution is 7.88. The summed E-state index contributed by atoms with van der Waals surface area (Å²) in [5.74, 6) is 1.55. The van der Waals surface area contributed by atoms with Gasteiger partial charge in [-0.2, -0.15) is 4.31 Å². The predicted molar refractivity (Wildman–Crippen MR) is 99.8 cm³/mol. The number of piperidine rings is 1. The van der Waals surface area contributed by atoms with Crippen LogP contribution in [-0.4, -0.2) is 63.6 Å². The third-order valence-corrected chi connectivity index (χ3v) is 5.92. The Kier molecular flexibility index (Phi) is 6.88. The molecule has 8 heteroatoms. The Morgan fingerprint density at radius 1 is 1.19 bits per heavy atom. The van der Waals surface area contributed by atoms with Gasteiger partial charge in [0.1, 0.15) is 0 Å². The fourth-order valence-corrected chi connectivity index (χ4v) is 3.71. The number of carbonyl (C=O) groups excluding carboxylic acids is 1. The molecule has 2 rings (SSSR count). The average Bonchev–Trinajstić information content (AvgIpc) is 2.60. The molecular formula is C18H28N2O5S. The van der Waals surface area contributed by atoms with Gasteiger partial charge < -0.3 is 14.4 Å².